The lowest BCUT2D eigenvalue weighted by molar-refractivity contribution is 0.0957. The number of sulfone groups is 1. The lowest BCUT2D eigenvalue weighted by atomic mass is 10.2. The molecule has 2 aromatic heterocycles. The third-order valence-electron chi connectivity index (χ3n) is 3.95. The number of para-hydroxylation sites is 1. The van der Waals surface area contributed by atoms with Crippen molar-refractivity contribution in [1.82, 2.24) is 20.1 Å². The number of carbonyl (C=O) groups is 1. The number of hydrogen-bond acceptors (Lipinski definition) is 5. The van der Waals surface area contributed by atoms with Crippen LogP contribution in [0.15, 0.2) is 58.6 Å². The molecule has 0 unspecified atom stereocenters. The fraction of sp³-hybridized carbons (Fsp3) is 0.167. The Bertz CT molecular complexity index is 1070. The van der Waals surface area contributed by atoms with Crippen molar-refractivity contribution >= 4 is 15.7 Å². The highest BCUT2D eigenvalue weighted by molar-refractivity contribution is 7.91. The van der Waals surface area contributed by atoms with Crippen LogP contribution in [0.1, 0.15) is 21.7 Å². The van der Waals surface area contributed by atoms with Gasteiger partial charge in [0.2, 0.25) is 9.84 Å². The predicted octanol–water partition coefficient (Wildman–Crippen LogP) is 2.08. The molecule has 3 rings (SSSR count). The van der Waals surface area contributed by atoms with Gasteiger partial charge in [-0.25, -0.2) is 13.1 Å². The molecule has 0 bridgehead atoms. The first-order chi connectivity index (χ1) is 12.3. The van der Waals surface area contributed by atoms with E-state index in [1.807, 2.05) is 19.1 Å². The quantitative estimate of drug-likeness (QED) is 0.759. The smallest absolute Gasteiger partial charge is 0.271 e. The number of aryl methyl sites for hydroxylation is 2. The van der Waals surface area contributed by atoms with E-state index in [1.165, 1.54) is 30.1 Å². The molecule has 0 aliphatic heterocycles. The van der Waals surface area contributed by atoms with Crippen LogP contribution >= 0.6 is 0 Å². The van der Waals surface area contributed by atoms with Crippen molar-refractivity contribution in [2.75, 3.05) is 7.05 Å². The van der Waals surface area contributed by atoms with Crippen LogP contribution < -0.4 is 5.32 Å². The molecule has 0 aliphatic carbocycles. The average Bonchev–Trinajstić information content (AvgIpc) is 3.08. The van der Waals surface area contributed by atoms with E-state index in [4.69, 9.17) is 0 Å². The molecule has 3 aromatic rings. The topological polar surface area (TPSA) is 94.0 Å². The fourth-order valence-electron chi connectivity index (χ4n) is 2.50. The van der Waals surface area contributed by atoms with Gasteiger partial charge in [0.15, 0.2) is 10.7 Å². The molecule has 0 saturated heterocycles. The van der Waals surface area contributed by atoms with Crippen molar-refractivity contribution in [3.63, 3.8) is 0 Å². The number of nitrogens with zero attached hydrogens (tertiary/aromatic N) is 3. The monoisotopic (exact) mass is 370 g/mol. The molecular formula is C18H18N4O3S. The predicted molar refractivity (Wildman–Crippen MR) is 96.1 cm³/mol. The van der Waals surface area contributed by atoms with E-state index in [-0.39, 0.29) is 15.6 Å². The van der Waals surface area contributed by atoms with Crippen molar-refractivity contribution in [2.24, 2.45) is 0 Å². The molecule has 0 saturated carbocycles. The van der Waals surface area contributed by atoms with Crippen molar-refractivity contribution in [3.05, 3.63) is 65.6 Å². The van der Waals surface area contributed by atoms with E-state index in [0.717, 1.165) is 5.56 Å². The number of amides is 1. The largest absolute Gasteiger partial charge is 0.354 e. The summed E-state index contributed by atoms with van der Waals surface area (Å²) in [6, 6.07) is 11.6. The first-order valence-corrected chi connectivity index (χ1v) is 9.39. The van der Waals surface area contributed by atoms with E-state index in [0.29, 0.717) is 11.4 Å². The Morgan fingerprint density at radius 3 is 2.46 bits per heavy atom. The normalized spacial score (nSPS) is 11.3. The molecule has 0 spiro atoms. The molecule has 0 radical (unpaired) electrons. The minimum Gasteiger partial charge on any atom is -0.354 e. The molecule has 8 heteroatoms. The average molecular weight is 370 g/mol. The van der Waals surface area contributed by atoms with Crippen molar-refractivity contribution in [3.8, 4) is 5.69 Å². The first kappa shape index (κ1) is 17.8. The van der Waals surface area contributed by atoms with Gasteiger partial charge >= 0.3 is 0 Å². The Kier molecular flexibility index (Phi) is 4.60. The first-order valence-electron chi connectivity index (χ1n) is 7.90. The highest BCUT2D eigenvalue weighted by Gasteiger charge is 2.27. The Hall–Kier alpha value is -3.00. The zero-order chi connectivity index (χ0) is 18.9. The van der Waals surface area contributed by atoms with Gasteiger partial charge in [-0.05, 0) is 37.6 Å². The molecule has 0 fully saturated rings. The van der Waals surface area contributed by atoms with E-state index in [2.05, 4.69) is 15.4 Å². The Balaban J connectivity index is 2.26. The lowest BCUT2D eigenvalue weighted by Gasteiger charge is -2.10. The maximum atomic E-state index is 13.1. The standard InChI is InChI=1S/C18H18N4O3S/c1-12-6-4-5-7-16(12)22-17(10-15(21-22)18(23)19-3)26(24,25)14-9-8-13(2)20-11-14/h4-11H,1-3H3,(H,19,23). The molecule has 1 amide bonds. The molecule has 7 nitrogen and oxygen atoms in total. The van der Waals surface area contributed by atoms with Gasteiger partial charge in [-0.2, -0.15) is 5.10 Å². The van der Waals surface area contributed by atoms with Crippen molar-refractivity contribution in [1.29, 1.82) is 0 Å². The summed E-state index contributed by atoms with van der Waals surface area (Å²) < 4.78 is 27.6. The molecule has 1 N–H and O–H groups in total. The minimum atomic E-state index is -3.91. The SMILES string of the molecule is CNC(=O)c1cc(S(=O)(=O)c2ccc(C)nc2)n(-c2ccccc2C)n1. The molecule has 134 valence electrons. The van der Waals surface area contributed by atoms with E-state index in [1.54, 1.807) is 25.1 Å². The Labute approximate surface area is 151 Å². The van der Waals surface area contributed by atoms with Crippen LogP contribution in [0.2, 0.25) is 0 Å². The van der Waals surface area contributed by atoms with Gasteiger partial charge in [0.25, 0.3) is 5.91 Å². The summed E-state index contributed by atoms with van der Waals surface area (Å²) in [5.74, 6) is -0.462. The number of pyridine rings is 1. The number of aromatic nitrogens is 3. The Morgan fingerprint density at radius 1 is 1.12 bits per heavy atom. The van der Waals surface area contributed by atoms with Crippen LogP contribution in [0.3, 0.4) is 0 Å². The maximum Gasteiger partial charge on any atom is 0.271 e. The second kappa shape index (κ2) is 6.72. The number of hydrogen-bond donors (Lipinski definition) is 1. The molecular weight excluding hydrogens is 352 g/mol. The van der Waals surface area contributed by atoms with Crippen LogP contribution in [0.25, 0.3) is 5.69 Å². The Morgan fingerprint density at radius 2 is 1.85 bits per heavy atom. The summed E-state index contributed by atoms with van der Waals surface area (Å²) in [4.78, 5) is 16.1. The van der Waals surface area contributed by atoms with E-state index >= 15 is 0 Å². The summed E-state index contributed by atoms with van der Waals surface area (Å²) in [6.45, 7) is 3.62. The van der Waals surface area contributed by atoms with Crippen LogP contribution in [0.5, 0.6) is 0 Å². The third kappa shape index (κ3) is 3.11. The number of carbonyl (C=O) groups excluding carboxylic acids is 1. The minimum absolute atomic E-state index is 0.0226. The lowest BCUT2D eigenvalue weighted by Crippen LogP contribution is -2.18. The zero-order valence-electron chi connectivity index (χ0n) is 14.6. The van der Waals surface area contributed by atoms with Gasteiger partial charge in [-0.1, -0.05) is 18.2 Å². The number of nitrogens with one attached hydrogen (secondary N) is 1. The summed E-state index contributed by atoms with van der Waals surface area (Å²) in [7, 11) is -2.45. The second-order valence-electron chi connectivity index (χ2n) is 5.78. The summed E-state index contributed by atoms with van der Waals surface area (Å²) >= 11 is 0. The van der Waals surface area contributed by atoms with Gasteiger partial charge in [0, 0.05) is 25.0 Å². The molecule has 26 heavy (non-hydrogen) atoms. The van der Waals surface area contributed by atoms with E-state index in [9.17, 15) is 13.2 Å². The number of rotatable bonds is 4. The summed E-state index contributed by atoms with van der Waals surface area (Å²) in [5, 5.41) is 6.60. The van der Waals surface area contributed by atoms with E-state index < -0.39 is 15.7 Å². The third-order valence-corrected chi connectivity index (χ3v) is 5.65. The van der Waals surface area contributed by atoms with Gasteiger partial charge in [-0.3, -0.25) is 9.78 Å². The number of benzene rings is 1. The van der Waals surface area contributed by atoms with Gasteiger partial charge < -0.3 is 5.32 Å². The van der Waals surface area contributed by atoms with Gasteiger partial charge in [0.05, 0.1) is 10.6 Å². The molecule has 0 atom stereocenters. The highest BCUT2D eigenvalue weighted by atomic mass is 32.2. The summed E-state index contributed by atoms with van der Waals surface area (Å²) in [5.41, 5.74) is 2.15. The van der Waals surface area contributed by atoms with Crippen LogP contribution in [0.4, 0.5) is 0 Å². The molecule has 2 heterocycles. The zero-order valence-corrected chi connectivity index (χ0v) is 15.4. The van der Waals surface area contributed by atoms with Crippen LogP contribution in [0, 0.1) is 13.8 Å². The van der Waals surface area contributed by atoms with Gasteiger partial charge in [0.1, 0.15) is 0 Å². The summed E-state index contributed by atoms with van der Waals surface area (Å²) in [6.07, 6.45) is 1.30. The highest BCUT2D eigenvalue weighted by Crippen LogP contribution is 2.25. The second-order valence-corrected chi connectivity index (χ2v) is 7.68. The van der Waals surface area contributed by atoms with Gasteiger partial charge in [-0.15, -0.1) is 0 Å². The molecule has 1 aromatic carbocycles. The molecule has 0 aliphatic rings. The van der Waals surface area contributed by atoms with Crippen LogP contribution in [-0.4, -0.2) is 36.1 Å². The maximum absolute atomic E-state index is 13.1. The van der Waals surface area contributed by atoms with Crippen molar-refractivity contribution in [2.45, 2.75) is 23.8 Å². The van der Waals surface area contributed by atoms with Crippen LogP contribution in [-0.2, 0) is 9.84 Å². The fourth-order valence-corrected chi connectivity index (χ4v) is 3.82. The van der Waals surface area contributed by atoms with Crippen molar-refractivity contribution < 1.29 is 13.2 Å².